The summed E-state index contributed by atoms with van der Waals surface area (Å²) in [5, 5.41) is 10.0. The first-order valence-corrected chi connectivity index (χ1v) is 10.8. The van der Waals surface area contributed by atoms with Crippen LogP contribution in [0.15, 0.2) is 29.1 Å². The van der Waals surface area contributed by atoms with Gasteiger partial charge in [0.25, 0.3) is 5.56 Å². The third kappa shape index (κ3) is 3.41. The molecular formula is C20H19ClN6OS. The lowest BCUT2D eigenvalue weighted by atomic mass is 10.2. The van der Waals surface area contributed by atoms with E-state index in [1.54, 1.807) is 0 Å². The van der Waals surface area contributed by atoms with Gasteiger partial charge in [0.05, 0.1) is 17.6 Å². The number of thiophene rings is 1. The minimum Gasteiger partial charge on any atom is -0.301 e. The predicted octanol–water partition coefficient (Wildman–Crippen LogP) is 3.52. The molecule has 4 aromatic rings. The first-order valence-electron chi connectivity index (χ1n) is 9.63. The van der Waals surface area contributed by atoms with Crippen LogP contribution in [-0.2, 0) is 6.54 Å². The van der Waals surface area contributed by atoms with Crippen LogP contribution in [0, 0.1) is 6.92 Å². The van der Waals surface area contributed by atoms with Gasteiger partial charge in [0.2, 0.25) is 0 Å². The third-order valence-corrected chi connectivity index (χ3v) is 6.63. The minimum absolute atomic E-state index is 0.107. The average Bonchev–Trinajstić information content (AvgIpc) is 3.36. The van der Waals surface area contributed by atoms with Crippen LogP contribution in [0.5, 0.6) is 0 Å². The van der Waals surface area contributed by atoms with E-state index in [9.17, 15) is 4.79 Å². The standard InChI is InChI=1S/C20H19ClN6OS/c1-12-15-16-17(20(28)27(25-24-16)11-10-26-8-2-3-9-26)29-19(15)23-18(22-12)13-4-6-14(21)7-5-13/h4-7H,2-3,8-11H2,1H3. The molecular weight excluding hydrogens is 408 g/mol. The van der Waals surface area contributed by atoms with E-state index in [2.05, 4.69) is 20.2 Å². The molecule has 0 atom stereocenters. The summed E-state index contributed by atoms with van der Waals surface area (Å²) in [5.74, 6) is 0.612. The van der Waals surface area contributed by atoms with Crippen LogP contribution in [0.2, 0.25) is 5.02 Å². The molecule has 1 aliphatic heterocycles. The first-order chi connectivity index (χ1) is 14.1. The molecule has 148 valence electrons. The molecule has 0 radical (unpaired) electrons. The van der Waals surface area contributed by atoms with E-state index in [-0.39, 0.29) is 5.56 Å². The van der Waals surface area contributed by atoms with Crippen LogP contribution in [-0.4, -0.2) is 49.5 Å². The maximum atomic E-state index is 13.0. The number of aromatic nitrogens is 5. The number of fused-ring (bicyclic) bond motifs is 3. The highest BCUT2D eigenvalue weighted by molar-refractivity contribution is 7.25. The number of nitrogens with zero attached hydrogens (tertiary/aromatic N) is 6. The second kappa shape index (κ2) is 7.44. The largest absolute Gasteiger partial charge is 0.301 e. The Labute approximate surface area is 176 Å². The van der Waals surface area contributed by atoms with Gasteiger partial charge in [0.15, 0.2) is 5.82 Å². The summed E-state index contributed by atoms with van der Waals surface area (Å²) in [4.78, 5) is 25.4. The molecule has 4 heterocycles. The van der Waals surface area contributed by atoms with Crippen molar-refractivity contribution in [1.82, 2.24) is 29.9 Å². The van der Waals surface area contributed by atoms with Crippen LogP contribution in [0.25, 0.3) is 31.8 Å². The van der Waals surface area contributed by atoms with Gasteiger partial charge in [-0.2, -0.15) is 0 Å². The van der Waals surface area contributed by atoms with Crippen molar-refractivity contribution in [3.63, 3.8) is 0 Å². The predicted molar refractivity (Wildman–Crippen MR) is 116 cm³/mol. The average molecular weight is 427 g/mol. The molecule has 9 heteroatoms. The molecule has 1 aromatic carbocycles. The van der Waals surface area contributed by atoms with Gasteiger partial charge >= 0.3 is 0 Å². The van der Waals surface area contributed by atoms with Crippen molar-refractivity contribution in [3.8, 4) is 11.4 Å². The summed E-state index contributed by atoms with van der Waals surface area (Å²) >= 11 is 7.34. The molecule has 0 spiro atoms. The van der Waals surface area contributed by atoms with Crippen molar-refractivity contribution < 1.29 is 0 Å². The van der Waals surface area contributed by atoms with Crippen molar-refractivity contribution in [2.75, 3.05) is 19.6 Å². The number of hydrogen-bond acceptors (Lipinski definition) is 7. The Balaban J connectivity index is 1.57. The van der Waals surface area contributed by atoms with E-state index in [1.807, 2.05) is 31.2 Å². The Bertz CT molecular complexity index is 1260. The molecule has 5 rings (SSSR count). The fourth-order valence-corrected chi connectivity index (χ4v) is 5.00. The molecule has 29 heavy (non-hydrogen) atoms. The van der Waals surface area contributed by atoms with Crippen molar-refractivity contribution in [2.45, 2.75) is 26.3 Å². The molecule has 0 bridgehead atoms. The molecule has 0 aliphatic carbocycles. The van der Waals surface area contributed by atoms with Crippen LogP contribution >= 0.6 is 22.9 Å². The first kappa shape index (κ1) is 18.6. The Kier molecular flexibility index (Phi) is 4.77. The van der Waals surface area contributed by atoms with Gasteiger partial charge in [-0.15, -0.1) is 16.4 Å². The van der Waals surface area contributed by atoms with E-state index >= 15 is 0 Å². The van der Waals surface area contributed by atoms with Gasteiger partial charge in [-0.1, -0.05) is 16.8 Å². The van der Waals surface area contributed by atoms with Crippen LogP contribution in [0.3, 0.4) is 0 Å². The molecule has 0 saturated carbocycles. The van der Waals surface area contributed by atoms with Crippen molar-refractivity contribution in [1.29, 1.82) is 0 Å². The molecule has 3 aromatic heterocycles. The number of rotatable bonds is 4. The fraction of sp³-hybridized carbons (Fsp3) is 0.350. The zero-order valence-electron chi connectivity index (χ0n) is 15.9. The molecule has 1 saturated heterocycles. The molecule has 7 nitrogen and oxygen atoms in total. The summed E-state index contributed by atoms with van der Waals surface area (Å²) < 4.78 is 2.06. The highest BCUT2D eigenvalue weighted by atomic mass is 35.5. The number of benzene rings is 1. The number of halogens is 1. The third-order valence-electron chi connectivity index (χ3n) is 5.32. The lowest BCUT2D eigenvalue weighted by molar-refractivity contribution is 0.310. The second-order valence-electron chi connectivity index (χ2n) is 7.27. The maximum Gasteiger partial charge on any atom is 0.287 e. The van der Waals surface area contributed by atoms with Gasteiger partial charge in [-0.25, -0.2) is 14.6 Å². The van der Waals surface area contributed by atoms with Crippen molar-refractivity contribution >= 4 is 43.4 Å². The van der Waals surface area contributed by atoms with Crippen molar-refractivity contribution in [2.24, 2.45) is 0 Å². The summed E-state index contributed by atoms with van der Waals surface area (Å²) in [6.45, 7) is 5.47. The lowest BCUT2D eigenvalue weighted by Crippen LogP contribution is -2.31. The summed E-state index contributed by atoms with van der Waals surface area (Å²) in [6.07, 6.45) is 2.45. The Morgan fingerprint density at radius 3 is 2.62 bits per heavy atom. The SMILES string of the molecule is Cc1nc(-c2ccc(Cl)cc2)nc2sc3c(=O)n(CCN4CCCC4)nnc3c12. The molecule has 0 amide bonds. The van der Waals surface area contributed by atoms with E-state index in [4.69, 9.17) is 16.6 Å². The maximum absolute atomic E-state index is 13.0. The van der Waals surface area contributed by atoms with E-state index < -0.39 is 0 Å². The van der Waals surface area contributed by atoms with Gasteiger partial charge in [0, 0.05) is 17.1 Å². The smallest absolute Gasteiger partial charge is 0.287 e. The highest BCUT2D eigenvalue weighted by Crippen LogP contribution is 2.32. The number of likely N-dealkylation sites (tertiary alicyclic amines) is 1. The van der Waals surface area contributed by atoms with Gasteiger partial charge in [-0.3, -0.25) is 4.79 Å². The van der Waals surface area contributed by atoms with Crippen LogP contribution in [0.1, 0.15) is 18.5 Å². The van der Waals surface area contributed by atoms with Crippen molar-refractivity contribution in [3.05, 3.63) is 45.3 Å². The highest BCUT2D eigenvalue weighted by Gasteiger charge is 2.18. The van der Waals surface area contributed by atoms with Gasteiger partial charge in [0.1, 0.15) is 15.0 Å². The van der Waals surface area contributed by atoms with Crippen LogP contribution < -0.4 is 5.56 Å². The normalized spacial score (nSPS) is 15.0. The Hall–Kier alpha value is -2.42. The van der Waals surface area contributed by atoms with E-state index in [1.165, 1.54) is 28.9 Å². The molecule has 1 fully saturated rings. The summed E-state index contributed by atoms with van der Waals surface area (Å²) in [7, 11) is 0. The lowest BCUT2D eigenvalue weighted by Gasteiger charge is -2.14. The minimum atomic E-state index is -0.107. The number of aryl methyl sites for hydroxylation is 1. The number of hydrogen-bond donors (Lipinski definition) is 0. The van der Waals surface area contributed by atoms with Gasteiger partial charge in [-0.05, 0) is 57.1 Å². The second-order valence-corrected chi connectivity index (χ2v) is 8.70. The van der Waals surface area contributed by atoms with E-state index in [0.717, 1.165) is 41.1 Å². The molecule has 0 N–H and O–H groups in total. The summed E-state index contributed by atoms with van der Waals surface area (Å²) in [6, 6.07) is 7.41. The quantitative estimate of drug-likeness (QED) is 0.497. The van der Waals surface area contributed by atoms with Crippen LogP contribution in [0.4, 0.5) is 0 Å². The van der Waals surface area contributed by atoms with Gasteiger partial charge < -0.3 is 4.90 Å². The summed E-state index contributed by atoms with van der Waals surface area (Å²) in [5.41, 5.74) is 2.15. The zero-order chi connectivity index (χ0) is 20.0. The fourth-order valence-electron chi connectivity index (χ4n) is 3.77. The molecule has 1 aliphatic rings. The zero-order valence-corrected chi connectivity index (χ0v) is 17.5. The Morgan fingerprint density at radius 2 is 1.86 bits per heavy atom. The molecule has 0 unspecified atom stereocenters. The van der Waals surface area contributed by atoms with E-state index in [0.29, 0.717) is 27.6 Å². The monoisotopic (exact) mass is 426 g/mol. The Morgan fingerprint density at radius 1 is 1.10 bits per heavy atom. The topological polar surface area (TPSA) is 76.8 Å².